The SMILES string of the molecule is NC(=O)CSc1ccccc1NC(=O)CCNC(=O)c1ccsc1. The Morgan fingerprint density at radius 2 is 1.96 bits per heavy atom. The molecule has 6 nitrogen and oxygen atoms in total. The number of hydrogen-bond donors (Lipinski definition) is 3. The van der Waals surface area contributed by atoms with Crippen molar-refractivity contribution in [3.63, 3.8) is 0 Å². The second kappa shape index (κ2) is 9.09. The van der Waals surface area contributed by atoms with Crippen LogP contribution in [0.4, 0.5) is 5.69 Å². The second-order valence-corrected chi connectivity index (χ2v) is 6.61. The van der Waals surface area contributed by atoms with Gasteiger partial charge in [-0.3, -0.25) is 14.4 Å². The number of thiophene rings is 1. The molecule has 0 aliphatic heterocycles. The summed E-state index contributed by atoms with van der Waals surface area (Å²) in [5.41, 5.74) is 6.35. The summed E-state index contributed by atoms with van der Waals surface area (Å²) in [6.07, 6.45) is 0.157. The average molecular weight is 363 g/mol. The third-order valence-electron chi connectivity index (χ3n) is 2.95. The van der Waals surface area contributed by atoms with E-state index in [1.54, 1.807) is 23.6 Å². The lowest BCUT2D eigenvalue weighted by atomic mass is 10.3. The van der Waals surface area contributed by atoms with Gasteiger partial charge in [-0.25, -0.2) is 0 Å². The minimum atomic E-state index is -0.419. The average Bonchev–Trinajstić information content (AvgIpc) is 3.08. The Balaban J connectivity index is 1.82. The number of thioether (sulfide) groups is 1. The van der Waals surface area contributed by atoms with Gasteiger partial charge >= 0.3 is 0 Å². The second-order valence-electron chi connectivity index (χ2n) is 4.82. The third kappa shape index (κ3) is 5.71. The van der Waals surface area contributed by atoms with E-state index in [0.29, 0.717) is 11.3 Å². The quantitative estimate of drug-likeness (QED) is 0.625. The minimum absolute atomic E-state index is 0.142. The van der Waals surface area contributed by atoms with Gasteiger partial charge in [0.05, 0.1) is 11.4 Å². The van der Waals surface area contributed by atoms with Gasteiger partial charge < -0.3 is 16.4 Å². The Hall–Kier alpha value is -2.32. The molecule has 0 unspecified atom stereocenters. The maximum absolute atomic E-state index is 12.0. The Morgan fingerprint density at radius 1 is 1.17 bits per heavy atom. The highest BCUT2D eigenvalue weighted by Gasteiger charge is 2.09. The number of nitrogens with one attached hydrogen (secondary N) is 2. The van der Waals surface area contributed by atoms with Gasteiger partial charge in [-0.15, -0.1) is 11.8 Å². The van der Waals surface area contributed by atoms with Crippen molar-refractivity contribution in [2.75, 3.05) is 17.6 Å². The number of primary amides is 1. The number of carbonyl (C=O) groups is 3. The number of anilines is 1. The van der Waals surface area contributed by atoms with Gasteiger partial charge in [0.2, 0.25) is 11.8 Å². The highest BCUT2D eigenvalue weighted by molar-refractivity contribution is 8.00. The normalized spacial score (nSPS) is 10.2. The molecule has 2 aromatic rings. The molecule has 0 bridgehead atoms. The summed E-state index contributed by atoms with van der Waals surface area (Å²) < 4.78 is 0. The van der Waals surface area contributed by atoms with E-state index in [1.165, 1.54) is 23.1 Å². The summed E-state index contributed by atoms with van der Waals surface area (Å²) in [6, 6.07) is 8.90. The van der Waals surface area contributed by atoms with Crippen molar-refractivity contribution in [1.82, 2.24) is 5.32 Å². The Labute approximate surface area is 147 Å². The fourth-order valence-corrected chi connectivity index (χ4v) is 3.23. The fraction of sp³-hybridized carbons (Fsp3) is 0.188. The summed E-state index contributed by atoms with van der Waals surface area (Å²) in [4.78, 5) is 35.4. The van der Waals surface area contributed by atoms with Gasteiger partial charge in [0, 0.05) is 28.8 Å². The van der Waals surface area contributed by atoms with E-state index in [0.717, 1.165) is 4.90 Å². The molecule has 0 aliphatic carbocycles. The van der Waals surface area contributed by atoms with Crippen LogP contribution in [0, 0.1) is 0 Å². The van der Waals surface area contributed by atoms with E-state index in [1.807, 2.05) is 17.5 Å². The van der Waals surface area contributed by atoms with Gasteiger partial charge in [-0.1, -0.05) is 12.1 Å². The lowest BCUT2D eigenvalue weighted by Crippen LogP contribution is -2.27. The Morgan fingerprint density at radius 3 is 2.67 bits per heavy atom. The number of benzene rings is 1. The number of amides is 3. The summed E-state index contributed by atoms with van der Waals surface area (Å²) >= 11 is 2.71. The standard InChI is InChI=1S/C16H17N3O3S2/c17-14(20)10-24-13-4-2-1-3-12(13)19-15(21)5-7-18-16(22)11-6-8-23-9-11/h1-4,6,8-9H,5,7,10H2,(H2,17,20)(H,18,22)(H,19,21). The molecule has 126 valence electrons. The topological polar surface area (TPSA) is 101 Å². The summed E-state index contributed by atoms with van der Waals surface area (Å²) in [7, 11) is 0. The molecule has 3 amide bonds. The molecular weight excluding hydrogens is 346 g/mol. The van der Waals surface area contributed by atoms with E-state index in [-0.39, 0.29) is 30.5 Å². The van der Waals surface area contributed by atoms with Crippen LogP contribution in [0.25, 0.3) is 0 Å². The first-order valence-corrected chi connectivity index (χ1v) is 9.09. The molecule has 0 atom stereocenters. The first kappa shape index (κ1) is 18.0. The van der Waals surface area contributed by atoms with Crippen LogP contribution in [-0.4, -0.2) is 30.0 Å². The highest BCUT2D eigenvalue weighted by Crippen LogP contribution is 2.26. The van der Waals surface area contributed by atoms with Crippen molar-refractivity contribution in [1.29, 1.82) is 0 Å². The van der Waals surface area contributed by atoms with Crippen LogP contribution < -0.4 is 16.4 Å². The zero-order chi connectivity index (χ0) is 17.4. The Bertz CT molecular complexity index is 717. The van der Waals surface area contributed by atoms with Crippen LogP contribution in [0.5, 0.6) is 0 Å². The van der Waals surface area contributed by atoms with Crippen LogP contribution in [0.1, 0.15) is 16.8 Å². The van der Waals surface area contributed by atoms with Crippen LogP contribution in [0.2, 0.25) is 0 Å². The summed E-state index contributed by atoms with van der Waals surface area (Å²) in [5, 5.41) is 9.05. The summed E-state index contributed by atoms with van der Waals surface area (Å²) in [5.74, 6) is -0.685. The van der Waals surface area contributed by atoms with E-state index >= 15 is 0 Å². The largest absolute Gasteiger partial charge is 0.369 e. The lowest BCUT2D eigenvalue weighted by Gasteiger charge is -2.10. The first-order valence-electron chi connectivity index (χ1n) is 7.16. The molecule has 1 aromatic carbocycles. The number of para-hydroxylation sites is 1. The van der Waals surface area contributed by atoms with Crippen molar-refractivity contribution >= 4 is 46.5 Å². The number of carbonyl (C=O) groups excluding carboxylic acids is 3. The molecule has 0 radical (unpaired) electrons. The molecule has 24 heavy (non-hydrogen) atoms. The molecule has 1 aromatic heterocycles. The zero-order valence-corrected chi connectivity index (χ0v) is 14.4. The smallest absolute Gasteiger partial charge is 0.252 e. The van der Waals surface area contributed by atoms with Crippen LogP contribution in [-0.2, 0) is 9.59 Å². The Kier molecular flexibility index (Phi) is 6.83. The zero-order valence-electron chi connectivity index (χ0n) is 12.8. The molecule has 0 saturated carbocycles. The van der Waals surface area contributed by atoms with Gasteiger partial charge in [0.15, 0.2) is 0 Å². The van der Waals surface area contributed by atoms with Gasteiger partial charge in [0.25, 0.3) is 5.91 Å². The third-order valence-corrected chi connectivity index (χ3v) is 4.73. The molecule has 0 aliphatic rings. The summed E-state index contributed by atoms with van der Waals surface area (Å²) in [6.45, 7) is 0.247. The number of hydrogen-bond acceptors (Lipinski definition) is 5. The highest BCUT2D eigenvalue weighted by atomic mass is 32.2. The molecular formula is C16H17N3O3S2. The van der Waals surface area contributed by atoms with Crippen molar-refractivity contribution in [3.8, 4) is 0 Å². The maximum atomic E-state index is 12.0. The van der Waals surface area contributed by atoms with Gasteiger partial charge in [-0.2, -0.15) is 11.3 Å². The number of nitrogens with two attached hydrogens (primary N) is 1. The molecule has 0 spiro atoms. The van der Waals surface area contributed by atoms with E-state index < -0.39 is 5.91 Å². The monoisotopic (exact) mass is 363 g/mol. The van der Waals surface area contributed by atoms with Crippen molar-refractivity contribution < 1.29 is 14.4 Å². The molecule has 0 fully saturated rings. The van der Waals surface area contributed by atoms with Crippen molar-refractivity contribution in [3.05, 3.63) is 46.7 Å². The molecule has 4 N–H and O–H groups in total. The predicted molar refractivity (Wildman–Crippen MR) is 96.3 cm³/mol. The van der Waals surface area contributed by atoms with Gasteiger partial charge in [-0.05, 0) is 23.6 Å². The molecule has 1 heterocycles. The van der Waals surface area contributed by atoms with Crippen molar-refractivity contribution in [2.24, 2.45) is 5.73 Å². The van der Waals surface area contributed by atoms with Crippen LogP contribution in [0.15, 0.2) is 46.0 Å². The lowest BCUT2D eigenvalue weighted by molar-refractivity contribution is -0.116. The van der Waals surface area contributed by atoms with E-state index in [4.69, 9.17) is 5.73 Å². The number of rotatable bonds is 8. The molecule has 8 heteroatoms. The minimum Gasteiger partial charge on any atom is -0.369 e. The predicted octanol–water partition coefficient (Wildman–Crippen LogP) is 2.08. The maximum Gasteiger partial charge on any atom is 0.252 e. The molecule has 0 saturated heterocycles. The van der Waals surface area contributed by atoms with Crippen LogP contribution in [0.3, 0.4) is 0 Å². The molecule has 2 rings (SSSR count). The van der Waals surface area contributed by atoms with Gasteiger partial charge in [0.1, 0.15) is 0 Å². The van der Waals surface area contributed by atoms with Crippen molar-refractivity contribution in [2.45, 2.75) is 11.3 Å². The van der Waals surface area contributed by atoms with E-state index in [2.05, 4.69) is 10.6 Å². The van der Waals surface area contributed by atoms with E-state index in [9.17, 15) is 14.4 Å². The fourth-order valence-electron chi connectivity index (χ4n) is 1.84. The first-order chi connectivity index (χ1) is 11.6. The van der Waals surface area contributed by atoms with Crippen LogP contribution >= 0.6 is 23.1 Å².